The molecule has 1 aromatic rings. The van der Waals surface area contributed by atoms with Crippen LogP contribution in [0, 0.1) is 13.8 Å². The van der Waals surface area contributed by atoms with Gasteiger partial charge in [-0.05, 0) is 42.7 Å². The van der Waals surface area contributed by atoms with Crippen molar-refractivity contribution in [3.05, 3.63) is 41.2 Å². The zero-order chi connectivity index (χ0) is 13.1. The largest absolute Gasteiger partial charge is 0.327 e. The standard InChI is InChI=1S/C12H16FNO2S/c1-9-3-4-12(5-10(9)2)17(15,16)8-11(6-13)7-14/h3-6H,7-8,14H2,1-2H3/b11-6+. The summed E-state index contributed by atoms with van der Waals surface area (Å²) in [4.78, 5) is 0.202. The van der Waals surface area contributed by atoms with Gasteiger partial charge in [0.2, 0.25) is 0 Å². The van der Waals surface area contributed by atoms with E-state index in [1.165, 1.54) is 6.07 Å². The summed E-state index contributed by atoms with van der Waals surface area (Å²) < 4.78 is 36.3. The van der Waals surface area contributed by atoms with Crippen LogP contribution in [-0.4, -0.2) is 20.7 Å². The Balaban J connectivity index is 3.09. The predicted octanol–water partition coefficient (Wildman–Crippen LogP) is 1.89. The summed E-state index contributed by atoms with van der Waals surface area (Å²) in [5.74, 6) is -0.373. The number of hydrogen-bond donors (Lipinski definition) is 1. The molecule has 3 nitrogen and oxygen atoms in total. The topological polar surface area (TPSA) is 60.2 Å². The maximum absolute atomic E-state index is 12.3. The summed E-state index contributed by atoms with van der Waals surface area (Å²) in [7, 11) is -3.51. The van der Waals surface area contributed by atoms with Crippen molar-refractivity contribution in [3.8, 4) is 0 Å². The average molecular weight is 257 g/mol. The van der Waals surface area contributed by atoms with Gasteiger partial charge in [-0.2, -0.15) is 0 Å². The number of halogens is 1. The Labute approximate surface area is 101 Å². The van der Waals surface area contributed by atoms with E-state index >= 15 is 0 Å². The van der Waals surface area contributed by atoms with E-state index in [9.17, 15) is 12.8 Å². The molecule has 0 aliphatic rings. The third-order valence-electron chi connectivity index (χ3n) is 2.63. The zero-order valence-electron chi connectivity index (χ0n) is 9.90. The fourth-order valence-corrected chi connectivity index (χ4v) is 2.84. The minimum absolute atomic E-state index is 0.0724. The van der Waals surface area contributed by atoms with Gasteiger partial charge >= 0.3 is 0 Å². The van der Waals surface area contributed by atoms with E-state index in [1.54, 1.807) is 12.1 Å². The summed E-state index contributed by atoms with van der Waals surface area (Å²) in [5, 5.41) is 0. The lowest BCUT2D eigenvalue weighted by Crippen LogP contribution is -2.15. The van der Waals surface area contributed by atoms with E-state index in [0.717, 1.165) is 11.1 Å². The number of aryl methyl sites for hydroxylation is 2. The number of hydrogen-bond acceptors (Lipinski definition) is 3. The minimum atomic E-state index is -3.51. The van der Waals surface area contributed by atoms with Crippen LogP contribution in [0.25, 0.3) is 0 Å². The predicted molar refractivity (Wildman–Crippen MR) is 66.2 cm³/mol. The van der Waals surface area contributed by atoms with Crippen LogP contribution in [0.4, 0.5) is 4.39 Å². The van der Waals surface area contributed by atoms with Crippen LogP contribution in [0.2, 0.25) is 0 Å². The van der Waals surface area contributed by atoms with E-state index < -0.39 is 9.84 Å². The molecule has 0 unspecified atom stereocenters. The van der Waals surface area contributed by atoms with E-state index in [0.29, 0.717) is 0 Å². The first kappa shape index (κ1) is 13.9. The molecule has 0 aromatic heterocycles. The van der Waals surface area contributed by atoms with Gasteiger partial charge in [-0.1, -0.05) is 6.07 Å². The summed E-state index contributed by atoms with van der Waals surface area (Å²) >= 11 is 0. The van der Waals surface area contributed by atoms with Crippen LogP contribution < -0.4 is 5.73 Å². The van der Waals surface area contributed by atoms with E-state index in [4.69, 9.17) is 5.73 Å². The molecule has 0 bridgehead atoms. The highest BCUT2D eigenvalue weighted by molar-refractivity contribution is 7.91. The average Bonchev–Trinajstić information content (AvgIpc) is 2.29. The van der Waals surface area contributed by atoms with Gasteiger partial charge in [0.05, 0.1) is 17.0 Å². The summed E-state index contributed by atoms with van der Waals surface area (Å²) in [6.07, 6.45) is 0.262. The van der Waals surface area contributed by atoms with Gasteiger partial charge in [0.15, 0.2) is 9.84 Å². The van der Waals surface area contributed by atoms with Crippen molar-refractivity contribution in [2.24, 2.45) is 5.73 Å². The van der Waals surface area contributed by atoms with Gasteiger partial charge in [-0.3, -0.25) is 0 Å². The van der Waals surface area contributed by atoms with Crippen molar-refractivity contribution in [3.63, 3.8) is 0 Å². The SMILES string of the molecule is Cc1ccc(S(=O)(=O)C/C(=C/F)CN)cc1C. The van der Waals surface area contributed by atoms with Gasteiger partial charge in [0, 0.05) is 6.54 Å². The summed E-state index contributed by atoms with van der Waals surface area (Å²) in [6, 6.07) is 4.87. The molecule has 0 radical (unpaired) electrons. The second-order valence-corrected chi connectivity index (χ2v) is 5.97. The molecule has 0 atom stereocenters. The number of benzene rings is 1. The molecule has 0 aliphatic heterocycles. The van der Waals surface area contributed by atoms with Gasteiger partial charge in [-0.15, -0.1) is 0 Å². The molecule has 0 saturated carbocycles. The molecule has 94 valence electrons. The molecule has 0 fully saturated rings. The quantitative estimate of drug-likeness (QED) is 0.896. The fraction of sp³-hybridized carbons (Fsp3) is 0.333. The lowest BCUT2D eigenvalue weighted by atomic mass is 10.1. The second-order valence-electron chi connectivity index (χ2n) is 3.98. The normalized spacial score (nSPS) is 12.8. The van der Waals surface area contributed by atoms with Crippen molar-refractivity contribution >= 4 is 9.84 Å². The van der Waals surface area contributed by atoms with Gasteiger partial charge in [0.1, 0.15) is 0 Å². The van der Waals surface area contributed by atoms with Crippen molar-refractivity contribution in [2.45, 2.75) is 18.7 Å². The van der Waals surface area contributed by atoms with Crippen molar-refractivity contribution < 1.29 is 12.8 Å². The minimum Gasteiger partial charge on any atom is -0.327 e. The third-order valence-corrected chi connectivity index (χ3v) is 4.35. The molecule has 2 N–H and O–H groups in total. The molecule has 0 saturated heterocycles. The zero-order valence-corrected chi connectivity index (χ0v) is 10.7. The number of nitrogens with two attached hydrogens (primary N) is 1. The Morgan fingerprint density at radius 3 is 2.47 bits per heavy atom. The molecule has 5 heteroatoms. The molecule has 0 amide bonds. The molecule has 0 aliphatic carbocycles. The lowest BCUT2D eigenvalue weighted by Gasteiger charge is -2.07. The van der Waals surface area contributed by atoms with Crippen molar-refractivity contribution in [1.29, 1.82) is 0 Å². The molecule has 0 spiro atoms. The first-order valence-electron chi connectivity index (χ1n) is 5.19. The Morgan fingerprint density at radius 1 is 1.35 bits per heavy atom. The van der Waals surface area contributed by atoms with Gasteiger partial charge < -0.3 is 5.73 Å². The van der Waals surface area contributed by atoms with E-state index in [1.807, 2.05) is 13.8 Å². The van der Waals surface area contributed by atoms with Crippen LogP contribution in [0.3, 0.4) is 0 Å². The van der Waals surface area contributed by atoms with Crippen LogP contribution in [0.1, 0.15) is 11.1 Å². The number of sulfone groups is 1. The highest BCUT2D eigenvalue weighted by Crippen LogP contribution is 2.17. The maximum Gasteiger partial charge on any atom is 0.182 e. The molecule has 0 heterocycles. The fourth-order valence-electron chi connectivity index (χ4n) is 1.37. The smallest absolute Gasteiger partial charge is 0.182 e. The molecular weight excluding hydrogens is 241 g/mol. The Bertz CT molecular complexity index is 535. The van der Waals surface area contributed by atoms with Crippen LogP contribution >= 0.6 is 0 Å². The van der Waals surface area contributed by atoms with Crippen LogP contribution in [-0.2, 0) is 9.84 Å². The van der Waals surface area contributed by atoms with E-state index in [2.05, 4.69) is 0 Å². The monoisotopic (exact) mass is 257 g/mol. The molecule has 17 heavy (non-hydrogen) atoms. The third kappa shape index (κ3) is 3.38. The van der Waals surface area contributed by atoms with Crippen LogP contribution in [0.15, 0.2) is 35.0 Å². The van der Waals surface area contributed by atoms with Crippen LogP contribution in [0.5, 0.6) is 0 Å². The Kier molecular flexibility index (Phi) is 4.42. The van der Waals surface area contributed by atoms with E-state index in [-0.39, 0.29) is 29.1 Å². The summed E-state index contributed by atoms with van der Waals surface area (Å²) in [5.41, 5.74) is 7.23. The van der Waals surface area contributed by atoms with Crippen molar-refractivity contribution in [2.75, 3.05) is 12.3 Å². The van der Waals surface area contributed by atoms with Gasteiger partial charge in [0.25, 0.3) is 0 Å². The Morgan fingerprint density at radius 2 is 2.00 bits per heavy atom. The first-order chi connectivity index (χ1) is 7.90. The molecular formula is C12H16FNO2S. The highest BCUT2D eigenvalue weighted by atomic mass is 32.2. The second kappa shape index (κ2) is 5.42. The molecule has 1 aromatic carbocycles. The lowest BCUT2D eigenvalue weighted by molar-refractivity contribution is 0.596. The maximum atomic E-state index is 12.3. The summed E-state index contributed by atoms with van der Waals surface area (Å²) in [6.45, 7) is 3.64. The number of rotatable bonds is 4. The Hall–Kier alpha value is -1.20. The first-order valence-corrected chi connectivity index (χ1v) is 6.84. The highest BCUT2D eigenvalue weighted by Gasteiger charge is 2.16. The molecule has 1 rings (SSSR count). The van der Waals surface area contributed by atoms with Gasteiger partial charge in [-0.25, -0.2) is 12.8 Å². The van der Waals surface area contributed by atoms with Crippen molar-refractivity contribution in [1.82, 2.24) is 0 Å².